The van der Waals surface area contributed by atoms with Crippen molar-refractivity contribution in [3.63, 3.8) is 0 Å². The second kappa shape index (κ2) is 7.15. The van der Waals surface area contributed by atoms with Gasteiger partial charge in [-0.1, -0.05) is 11.3 Å². The highest BCUT2D eigenvalue weighted by atomic mass is 32.2. The van der Waals surface area contributed by atoms with E-state index < -0.39 is 15.9 Å². The van der Waals surface area contributed by atoms with Gasteiger partial charge in [0.05, 0.1) is 24.0 Å². The number of carbonyl (C=O) groups excluding carboxylic acids is 1. The summed E-state index contributed by atoms with van der Waals surface area (Å²) in [5.74, 6) is -0.439. The van der Waals surface area contributed by atoms with Gasteiger partial charge in [0.25, 0.3) is 0 Å². The predicted octanol–water partition coefficient (Wildman–Crippen LogP) is 1.95. The smallest absolute Gasteiger partial charge is 0.245 e. The Labute approximate surface area is 166 Å². The lowest BCUT2D eigenvalue weighted by molar-refractivity contribution is -0.116. The number of sulfonamides is 1. The minimum absolute atomic E-state index is 0.101. The minimum atomic E-state index is -3.88. The molecule has 0 saturated heterocycles. The molecule has 3 aromatic rings. The first-order valence-corrected chi connectivity index (χ1v) is 11.0. The Morgan fingerprint density at radius 1 is 1.39 bits per heavy atom. The Balaban J connectivity index is 1.51. The molecule has 1 aliphatic heterocycles. The van der Waals surface area contributed by atoms with Crippen LogP contribution in [0, 0.1) is 6.92 Å². The van der Waals surface area contributed by atoms with Crippen LogP contribution >= 0.6 is 11.3 Å². The number of H-pyrrole nitrogens is 1. The molecule has 0 bridgehead atoms. The number of amides is 1. The van der Waals surface area contributed by atoms with E-state index in [1.807, 2.05) is 13.0 Å². The van der Waals surface area contributed by atoms with Gasteiger partial charge in [0, 0.05) is 19.0 Å². The van der Waals surface area contributed by atoms with Crippen LogP contribution in [-0.4, -0.2) is 53.9 Å². The number of nitrogens with one attached hydrogen (secondary N) is 3. The standard InChI is InChI=1S/C17H20N6O3S2/c1-10-6-11-8-19-22-15(11)13(7-10)28(25,26)23(2)9-14(24)21-17-20-12-4-3-5-18-16(12)27-17/h6-8,18H,3-5,9H2,1-2H3,(H,19,22)(H,20,21,24). The van der Waals surface area contributed by atoms with Gasteiger partial charge in [-0.05, 0) is 37.5 Å². The maximum absolute atomic E-state index is 13.0. The fraction of sp³-hybridized carbons (Fsp3) is 0.353. The Morgan fingerprint density at radius 2 is 2.21 bits per heavy atom. The van der Waals surface area contributed by atoms with E-state index in [2.05, 4.69) is 25.8 Å². The van der Waals surface area contributed by atoms with Crippen LogP contribution in [0.25, 0.3) is 10.9 Å². The molecular weight excluding hydrogens is 400 g/mol. The van der Waals surface area contributed by atoms with Crippen molar-refractivity contribution in [3.05, 3.63) is 29.6 Å². The van der Waals surface area contributed by atoms with Crippen LogP contribution in [0.1, 0.15) is 17.7 Å². The van der Waals surface area contributed by atoms with Crippen LogP contribution in [0.2, 0.25) is 0 Å². The van der Waals surface area contributed by atoms with Crippen LogP contribution in [0.4, 0.5) is 10.1 Å². The number of hydrogen-bond acceptors (Lipinski definition) is 7. The van der Waals surface area contributed by atoms with Crippen molar-refractivity contribution in [2.75, 3.05) is 30.8 Å². The van der Waals surface area contributed by atoms with Gasteiger partial charge in [-0.25, -0.2) is 13.4 Å². The Bertz CT molecular complexity index is 1130. The number of carbonyl (C=O) groups is 1. The molecular formula is C17H20N6O3S2. The van der Waals surface area contributed by atoms with Crippen molar-refractivity contribution in [1.82, 2.24) is 19.5 Å². The summed E-state index contributed by atoms with van der Waals surface area (Å²) in [6.07, 6.45) is 3.45. The summed E-state index contributed by atoms with van der Waals surface area (Å²) < 4.78 is 27.1. The Kier molecular flexibility index (Phi) is 4.81. The molecule has 4 rings (SSSR count). The molecule has 0 unspecified atom stereocenters. The fourth-order valence-corrected chi connectivity index (χ4v) is 5.49. The van der Waals surface area contributed by atoms with E-state index in [4.69, 9.17) is 0 Å². The summed E-state index contributed by atoms with van der Waals surface area (Å²) >= 11 is 1.36. The molecule has 28 heavy (non-hydrogen) atoms. The molecule has 0 atom stereocenters. The summed E-state index contributed by atoms with van der Waals surface area (Å²) in [6.45, 7) is 2.39. The lowest BCUT2D eigenvalue weighted by atomic mass is 10.2. The van der Waals surface area contributed by atoms with Gasteiger partial charge >= 0.3 is 0 Å². The highest BCUT2D eigenvalue weighted by Gasteiger charge is 2.27. The van der Waals surface area contributed by atoms with E-state index in [-0.39, 0.29) is 11.4 Å². The SMILES string of the molecule is Cc1cc(S(=O)(=O)N(C)CC(=O)Nc2nc3c(s2)NCCC3)c2[nH]ncc2c1. The topological polar surface area (TPSA) is 120 Å². The van der Waals surface area contributed by atoms with E-state index in [1.54, 1.807) is 12.3 Å². The van der Waals surface area contributed by atoms with Crippen molar-refractivity contribution in [3.8, 4) is 0 Å². The Hall–Kier alpha value is -2.50. The van der Waals surface area contributed by atoms with E-state index in [0.717, 1.165) is 40.0 Å². The van der Waals surface area contributed by atoms with Crippen LogP contribution in [0.3, 0.4) is 0 Å². The molecule has 1 aromatic carbocycles. The van der Waals surface area contributed by atoms with Crippen molar-refractivity contribution in [2.24, 2.45) is 0 Å². The molecule has 0 fully saturated rings. The molecule has 0 radical (unpaired) electrons. The first-order valence-electron chi connectivity index (χ1n) is 8.78. The van der Waals surface area contributed by atoms with Gasteiger partial charge in [-0.2, -0.15) is 9.40 Å². The number of nitrogens with zero attached hydrogens (tertiary/aromatic N) is 3. The molecule has 0 spiro atoms. The van der Waals surface area contributed by atoms with Crippen LogP contribution in [0.15, 0.2) is 23.2 Å². The molecule has 11 heteroatoms. The van der Waals surface area contributed by atoms with E-state index in [0.29, 0.717) is 16.0 Å². The maximum atomic E-state index is 13.0. The third kappa shape index (κ3) is 3.48. The van der Waals surface area contributed by atoms with Crippen LogP contribution < -0.4 is 10.6 Å². The summed E-state index contributed by atoms with van der Waals surface area (Å²) in [5.41, 5.74) is 2.16. The number of aryl methyl sites for hydroxylation is 2. The van der Waals surface area contributed by atoms with Gasteiger partial charge in [-0.3, -0.25) is 9.89 Å². The third-order valence-electron chi connectivity index (χ3n) is 4.53. The average molecular weight is 421 g/mol. The van der Waals surface area contributed by atoms with Crippen LogP contribution in [0.5, 0.6) is 0 Å². The average Bonchev–Trinajstić information content (AvgIpc) is 3.26. The highest BCUT2D eigenvalue weighted by molar-refractivity contribution is 7.89. The summed E-state index contributed by atoms with van der Waals surface area (Å²) in [6, 6.07) is 3.42. The number of hydrogen-bond donors (Lipinski definition) is 3. The number of aromatic nitrogens is 3. The van der Waals surface area contributed by atoms with E-state index in [9.17, 15) is 13.2 Å². The van der Waals surface area contributed by atoms with Gasteiger partial charge in [0.2, 0.25) is 15.9 Å². The summed E-state index contributed by atoms with van der Waals surface area (Å²) in [5, 5.41) is 14.7. The zero-order chi connectivity index (χ0) is 19.9. The lowest BCUT2D eigenvalue weighted by Gasteiger charge is -2.17. The molecule has 1 aliphatic rings. The lowest BCUT2D eigenvalue weighted by Crippen LogP contribution is -2.35. The Morgan fingerprint density at radius 3 is 3.00 bits per heavy atom. The molecule has 3 N–H and O–H groups in total. The summed E-state index contributed by atoms with van der Waals surface area (Å²) in [7, 11) is -2.49. The normalized spacial score (nSPS) is 14.1. The number of thiazole rings is 1. The monoisotopic (exact) mass is 420 g/mol. The first kappa shape index (κ1) is 18.8. The van der Waals surface area contributed by atoms with Gasteiger partial charge in [-0.15, -0.1) is 0 Å². The van der Waals surface area contributed by atoms with E-state index >= 15 is 0 Å². The highest BCUT2D eigenvalue weighted by Crippen LogP contribution is 2.31. The summed E-state index contributed by atoms with van der Waals surface area (Å²) in [4.78, 5) is 16.9. The molecule has 3 heterocycles. The zero-order valence-electron chi connectivity index (χ0n) is 15.4. The zero-order valence-corrected chi connectivity index (χ0v) is 17.1. The number of benzene rings is 1. The van der Waals surface area contributed by atoms with Crippen molar-refractivity contribution in [1.29, 1.82) is 0 Å². The maximum Gasteiger partial charge on any atom is 0.245 e. The first-order chi connectivity index (χ1) is 13.3. The molecule has 0 saturated carbocycles. The second-order valence-corrected chi connectivity index (χ2v) is 9.74. The molecule has 9 nitrogen and oxygen atoms in total. The largest absolute Gasteiger partial charge is 0.375 e. The van der Waals surface area contributed by atoms with Gasteiger partial charge in [0.1, 0.15) is 9.90 Å². The van der Waals surface area contributed by atoms with Crippen LogP contribution in [-0.2, 0) is 21.2 Å². The molecule has 2 aromatic heterocycles. The molecule has 1 amide bonds. The predicted molar refractivity (Wildman–Crippen MR) is 108 cm³/mol. The van der Waals surface area contributed by atoms with E-state index in [1.165, 1.54) is 18.4 Å². The van der Waals surface area contributed by atoms with Crippen molar-refractivity contribution in [2.45, 2.75) is 24.7 Å². The van der Waals surface area contributed by atoms with Gasteiger partial charge in [0.15, 0.2) is 5.13 Å². The van der Waals surface area contributed by atoms with Crippen molar-refractivity contribution < 1.29 is 13.2 Å². The number of aromatic amines is 1. The van der Waals surface area contributed by atoms with Gasteiger partial charge < -0.3 is 10.6 Å². The number of fused-ring (bicyclic) bond motifs is 2. The third-order valence-corrected chi connectivity index (χ3v) is 7.33. The number of likely N-dealkylation sites (N-methyl/N-ethyl adjacent to an activating group) is 1. The molecule has 148 valence electrons. The van der Waals surface area contributed by atoms with Crippen molar-refractivity contribution >= 4 is 48.3 Å². The minimum Gasteiger partial charge on any atom is -0.375 e. The molecule has 0 aliphatic carbocycles. The number of anilines is 2. The fourth-order valence-electron chi connectivity index (χ4n) is 3.16. The second-order valence-electron chi connectivity index (χ2n) is 6.73. The quantitative estimate of drug-likeness (QED) is 0.580. The number of rotatable bonds is 5.